The fourth-order valence-corrected chi connectivity index (χ4v) is 2.52. The average Bonchev–Trinajstić information content (AvgIpc) is 2.62. The van der Waals surface area contributed by atoms with E-state index in [9.17, 15) is 5.11 Å². The van der Waals surface area contributed by atoms with Crippen LogP contribution in [0, 0.1) is 0 Å². The van der Waals surface area contributed by atoms with Gasteiger partial charge in [0.2, 0.25) is 0 Å². The maximum absolute atomic E-state index is 10.0. The number of nitrogens with zero attached hydrogens (tertiary/aromatic N) is 2. The molecule has 1 aliphatic rings. The largest absolute Gasteiger partial charge is 0.391 e. The molecule has 3 heteroatoms. The number of aliphatic hydroxyl groups excluding tert-OH is 1. The molecule has 1 fully saturated rings. The first-order chi connectivity index (χ1) is 7.68. The van der Waals surface area contributed by atoms with Gasteiger partial charge >= 0.3 is 0 Å². The lowest BCUT2D eigenvalue weighted by molar-refractivity contribution is 0.100. The van der Waals surface area contributed by atoms with Crippen LogP contribution in [-0.2, 0) is 6.42 Å². The second-order valence-corrected chi connectivity index (χ2v) is 4.81. The van der Waals surface area contributed by atoms with Gasteiger partial charge in [-0.15, -0.1) is 0 Å². The van der Waals surface area contributed by atoms with Crippen LogP contribution in [-0.4, -0.2) is 39.7 Å². The van der Waals surface area contributed by atoms with Gasteiger partial charge in [-0.2, -0.15) is 0 Å². The number of likely N-dealkylation sites (tertiary alicyclic amines) is 1. The third kappa shape index (κ3) is 2.42. The lowest BCUT2D eigenvalue weighted by atomic mass is 10.0. The first-order valence-corrected chi connectivity index (χ1v) is 6.01. The summed E-state index contributed by atoms with van der Waals surface area (Å²) in [5.41, 5.74) is 1.26. The Balaban J connectivity index is 2.07. The molecule has 88 valence electrons. The summed E-state index contributed by atoms with van der Waals surface area (Å²) in [5, 5.41) is 10.0. The summed E-state index contributed by atoms with van der Waals surface area (Å²) in [6.45, 7) is 5.39. The van der Waals surface area contributed by atoms with Gasteiger partial charge < -0.3 is 5.11 Å². The van der Waals surface area contributed by atoms with Crippen LogP contribution in [0.15, 0.2) is 24.5 Å². The van der Waals surface area contributed by atoms with Crippen molar-refractivity contribution in [2.45, 2.75) is 44.9 Å². The van der Waals surface area contributed by atoms with E-state index in [0.717, 1.165) is 19.4 Å². The van der Waals surface area contributed by atoms with Gasteiger partial charge in [-0.25, -0.2) is 0 Å². The Labute approximate surface area is 97.1 Å². The molecule has 1 aromatic heterocycles. The molecule has 2 heterocycles. The minimum Gasteiger partial charge on any atom is -0.391 e. The van der Waals surface area contributed by atoms with Gasteiger partial charge in [-0.05, 0) is 44.4 Å². The second kappa shape index (κ2) is 4.93. The van der Waals surface area contributed by atoms with E-state index in [1.54, 1.807) is 0 Å². The lowest BCUT2D eigenvalue weighted by Gasteiger charge is -2.29. The molecule has 0 spiro atoms. The van der Waals surface area contributed by atoms with E-state index >= 15 is 0 Å². The monoisotopic (exact) mass is 220 g/mol. The zero-order chi connectivity index (χ0) is 11.5. The molecule has 2 atom stereocenters. The van der Waals surface area contributed by atoms with Crippen molar-refractivity contribution in [1.82, 2.24) is 9.88 Å². The highest BCUT2D eigenvalue weighted by molar-refractivity contribution is 5.13. The molecule has 0 aromatic carbocycles. The number of rotatable bonds is 3. The van der Waals surface area contributed by atoms with Crippen molar-refractivity contribution in [3.05, 3.63) is 30.1 Å². The molecule has 16 heavy (non-hydrogen) atoms. The second-order valence-electron chi connectivity index (χ2n) is 4.81. The molecule has 0 radical (unpaired) electrons. The van der Waals surface area contributed by atoms with Gasteiger partial charge in [0.1, 0.15) is 0 Å². The maximum Gasteiger partial charge on any atom is 0.0710 e. The van der Waals surface area contributed by atoms with Crippen molar-refractivity contribution in [3.8, 4) is 0 Å². The molecule has 0 aliphatic carbocycles. The summed E-state index contributed by atoms with van der Waals surface area (Å²) in [4.78, 5) is 6.41. The van der Waals surface area contributed by atoms with Gasteiger partial charge in [-0.1, -0.05) is 0 Å². The van der Waals surface area contributed by atoms with Gasteiger partial charge in [-0.3, -0.25) is 9.88 Å². The summed E-state index contributed by atoms with van der Waals surface area (Å²) in [6.07, 6.45) is 5.26. The van der Waals surface area contributed by atoms with Crippen LogP contribution in [0.1, 0.15) is 25.8 Å². The maximum atomic E-state index is 10.0. The Bertz CT molecular complexity index is 326. The van der Waals surface area contributed by atoms with E-state index in [0.29, 0.717) is 6.04 Å². The molecule has 1 saturated heterocycles. The molecule has 3 nitrogen and oxygen atoms in total. The van der Waals surface area contributed by atoms with Gasteiger partial charge in [0.15, 0.2) is 0 Å². The van der Waals surface area contributed by atoms with E-state index in [4.69, 9.17) is 0 Å². The lowest BCUT2D eigenvalue weighted by Crippen LogP contribution is -2.41. The molecular weight excluding hydrogens is 200 g/mol. The highest BCUT2D eigenvalue weighted by Crippen LogP contribution is 2.23. The normalized spacial score (nSPS) is 26.5. The van der Waals surface area contributed by atoms with Crippen molar-refractivity contribution >= 4 is 0 Å². The quantitative estimate of drug-likeness (QED) is 0.838. The average molecular weight is 220 g/mol. The summed E-state index contributed by atoms with van der Waals surface area (Å²) >= 11 is 0. The van der Waals surface area contributed by atoms with Crippen LogP contribution in [0.3, 0.4) is 0 Å². The van der Waals surface area contributed by atoms with E-state index in [1.165, 1.54) is 5.56 Å². The predicted octanol–water partition coefficient (Wildman–Crippen LogP) is 1.47. The third-order valence-electron chi connectivity index (χ3n) is 3.41. The molecule has 1 aromatic rings. The van der Waals surface area contributed by atoms with Crippen molar-refractivity contribution in [1.29, 1.82) is 0 Å². The zero-order valence-corrected chi connectivity index (χ0v) is 10.0. The van der Waals surface area contributed by atoms with Crippen molar-refractivity contribution in [2.24, 2.45) is 0 Å². The number of aliphatic hydroxyl groups is 1. The van der Waals surface area contributed by atoms with Crippen LogP contribution in [0.25, 0.3) is 0 Å². The minimum absolute atomic E-state index is 0.185. The molecule has 1 N–H and O–H groups in total. The first kappa shape index (κ1) is 11.6. The summed E-state index contributed by atoms with van der Waals surface area (Å²) in [5.74, 6) is 0. The molecule has 0 amide bonds. The van der Waals surface area contributed by atoms with E-state index < -0.39 is 0 Å². The zero-order valence-electron chi connectivity index (χ0n) is 10.0. The Hall–Kier alpha value is -0.930. The third-order valence-corrected chi connectivity index (χ3v) is 3.41. The molecule has 0 unspecified atom stereocenters. The van der Waals surface area contributed by atoms with Gasteiger partial charge in [0.25, 0.3) is 0 Å². The topological polar surface area (TPSA) is 36.4 Å². The highest BCUT2D eigenvalue weighted by atomic mass is 16.3. The number of hydrogen-bond acceptors (Lipinski definition) is 3. The molecule has 2 rings (SSSR count). The molecular formula is C13H20N2O. The summed E-state index contributed by atoms with van der Waals surface area (Å²) in [7, 11) is 0. The molecule has 0 bridgehead atoms. The number of pyridine rings is 1. The Morgan fingerprint density at radius 3 is 2.75 bits per heavy atom. The van der Waals surface area contributed by atoms with Gasteiger partial charge in [0.05, 0.1) is 6.10 Å². The Morgan fingerprint density at radius 2 is 2.12 bits per heavy atom. The van der Waals surface area contributed by atoms with Crippen LogP contribution in [0.5, 0.6) is 0 Å². The van der Waals surface area contributed by atoms with Crippen molar-refractivity contribution in [2.75, 3.05) is 6.54 Å². The standard InChI is InChI=1S/C13H20N2O/c1-10(2)15-8-5-13(16)12(15)9-11-3-6-14-7-4-11/h3-4,6-7,10,12-13,16H,5,8-9H2,1-2H3/t12-,13-/m0/s1. The highest BCUT2D eigenvalue weighted by Gasteiger charge is 2.33. The van der Waals surface area contributed by atoms with E-state index in [-0.39, 0.29) is 12.1 Å². The smallest absolute Gasteiger partial charge is 0.0710 e. The van der Waals surface area contributed by atoms with E-state index in [2.05, 4.69) is 23.7 Å². The number of hydrogen-bond donors (Lipinski definition) is 1. The number of aromatic nitrogens is 1. The Kier molecular flexibility index (Phi) is 3.56. The van der Waals surface area contributed by atoms with Crippen LogP contribution in [0.4, 0.5) is 0 Å². The van der Waals surface area contributed by atoms with E-state index in [1.807, 2.05) is 24.5 Å². The summed E-state index contributed by atoms with van der Waals surface area (Å²) in [6, 6.07) is 4.83. The van der Waals surface area contributed by atoms with Crippen LogP contribution >= 0.6 is 0 Å². The minimum atomic E-state index is -0.185. The van der Waals surface area contributed by atoms with Crippen LogP contribution in [0.2, 0.25) is 0 Å². The molecule has 1 aliphatic heterocycles. The Morgan fingerprint density at radius 1 is 1.44 bits per heavy atom. The van der Waals surface area contributed by atoms with Crippen molar-refractivity contribution in [3.63, 3.8) is 0 Å². The summed E-state index contributed by atoms with van der Waals surface area (Å²) < 4.78 is 0. The fraction of sp³-hybridized carbons (Fsp3) is 0.615. The fourth-order valence-electron chi connectivity index (χ4n) is 2.52. The molecule has 0 saturated carbocycles. The van der Waals surface area contributed by atoms with Crippen LogP contribution < -0.4 is 0 Å². The first-order valence-electron chi connectivity index (χ1n) is 6.01. The van der Waals surface area contributed by atoms with Crippen molar-refractivity contribution < 1.29 is 5.11 Å². The van der Waals surface area contributed by atoms with Gasteiger partial charge in [0, 0.05) is 31.0 Å². The SMILES string of the molecule is CC(C)N1CC[C@H](O)[C@@H]1Cc1ccncc1. The predicted molar refractivity (Wildman–Crippen MR) is 64.2 cm³/mol.